The number of carbonyl (C=O) groups is 1. The first-order valence-electron chi connectivity index (χ1n) is 10.6. The normalized spacial score (nSPS) is 11.3. The van der Waals surface area contributed by atoms with Gasteiger partial charge in [0.2, 0.25) is 0 Å². The van der Waals surface area contributed by atoms with Gasteiger partial charge < -0.3 is 14.2 Å². The van der Waals surface area contributed by atoms with E-state index >= 15 is 0 Å². The number of methoxy groups -OCH3 is 1. The first kappa shape index (κ1) is 25.3. The van der Waals surface area contributed by atoms with Crippen molar-refractivity contribution >= 4 is 27.8 Å². The molecule has 35 heavy (non-hydrogen) atoms. The molecule has 3 aromatic rings. The van der Waals surface area contributed by atoms with Gasteiger partial charge >= 0.3 is 10.1 Å². The van der Waals surface area contributed by atoms with Crippen LogP contribution >= 0.6 is 0 Å². The van der Waals surface area contributed by atoms with Crippen molar-refractivity contribution in [2.75, 3.05) is 12.4 Å². The number of hydrogen-bond acceptors (Lipinski definition) is 6. The number of nitrogens with one attached hydrogen (secondary N) is 1. The van der Waals surface area contributed by atoms with E-state index < -0.39 is 16.0 Å². The minimum absolute atomic E-state index is 0.00452. The van der Waals surface area contributed by atoms with E-state index in [9.17, 15) is 18.5 Å². The fraction of sp³-hybridized carbons (Fsp3) is 0.111. The largest absolute Gasteiger partial charge is 0.493 e. The first-order valence-corrected chi connectivity index (χ1v) is 12.0. The maximum atomic E-state index is 12.8. The molecule has 3 rings (SSSR count). The predicted octanol–water partition coefficient (Wildman–Crippen LogP) is 5.05. The van der Waals surface area contributed by atoms with Crippen molar-refractivity contribution in [1.29, 1.82) is 5.26 Å². The average molecular weight is 489 g/mol. The highest BCUT2D eigenvalue weighted by Crippen LogP contribution is 2.36. The zero-order chi connectivity index (χ0) is 25.4. The van der Waals surface area contributed by atoms with Gasteiger partial charge in [-0.3, -0.25) is 4.79 Å². The van der Waals surface area contributed by atoms with Crippen LogP contribution in [0, 0.1) is 18.3 Å². The Morgan fingerprint density at radius 2 is 1.80 bits per heavy atom. The first-order chi connectivity index (χ1) is 16.8. The molecule has 0 saturated carbocycles. The Hall–Kier alpha value is -4.35. The number of amides is 1. The second-order valence-electron chi connectivity index (χ2n) is 7.54. The second-order valence-corrected chi connectivity index (χ2v) is 9.09. The van der Waals surface area contributed by atoms with E-state index in [1.807, 2.05) is 25.1 Å². The molecule has 3 aromatic carbocycles. The van der Waals surface area contributed by atoms with Crippen LogP contribution in [-0.2, 0) is 21.3 Å². The summed E-state index contributed by atoms with van der Waals surface area (Å²) in [6.45, 7) is 5.65. The topological polar surface area (TPSA) is 105 Å². The van der Waals surface area contributed by atoms with Crippen molar-refractivity contribution in [2.24, 2.45) is 0 Å². The Kier molecular flexibility index (Phi) is 8.08. The highest BCUT2D eigenvalue weighted by Gasteiger charge is 2.22. The standard InChI is InChI=1S/C27H24N2O5S/c1-4-8-21-15-20(16-22(18-28)27(30)29-23-13-11-19(2)12-14-23)17-25(33-3)26(21)34-35(31,32)24-9-6-5-7-10-24/h4-7,9-17H,1,8H2,2-3H3,(H,29,30)/b22-16+. The lowest BCUT2D eigenvalue weighted by Crippen LogP contribution is -2.13. The minimum Gasteiger partial charge on any atom is -0.493 e. The van der Waals surface area contributed by atoms with Crippen LogP contribution in [0.2, 0.25) is 0 Å². The van der Waals surface area contributed by atoms with Crippen molar-refractivity contribution in [3.63, 3.8) is 0 Å². The molecule has 0 unspecified atom stereocenters. The van der Waals surface area contributed by atoms with Crippen molar-refractivity contribution in [1.82, 2.24) is 0 Å². The van der Waals surface area contributed by atoms with Gasteiger partial charge in [-0.15, -0.1) is 6.58 Å². The molecule has 0 aliphatic carbocycles. The van der Waals surface area contributed by atoms with E-state index in [0.717, 1.165) is 5.56 Å². The van der Waals surface area contributed by atoms with Crippen LogP contribution in [-0.4, -0.2) is 21.4 Å². The zero-order valence-corrected chi connectivity index (χ0v) is 20.1. The van der Waals surface area contributed by atoms with E-state index in [4.69, 9.17) is 8.92 Å². The van der Waals surface area contributed by atoms with Crippen molar-refractivity contribution in [3.05, 3.63) is 102 Å². The summed E-state index contributed by atoms with van der Waals surface area (Å²) in [4.78, 5) is 12.7. The van der Waals surface area contributed by atoms with Crippen LogP contribution < -0.4 is 14.2 Å². The number of anilines is 1. The van der Waals surface area contributed by atoms with Gasteiger partial charge in [0.15, 0.2) is 11.5 Å². The minimum atomic E-state index is -4.12. The van der Waals surface area contributed by atoms with Gasteiger partial charge in [0.05, 0.1) is 7.11 Å². The van der Waals surface area contributed by atoms with E-state index in [-0.39, 0.29) is 28.4 Å². The van der Waals surface area contributed by atoms with Gasteiger partial charge in [0.25, 0.3) is 5.91 Å². The molecule has 0 bridgehead atoms. The fourth-order valence-corrected chi connectivity index (χ4v) is 4.21. The number of benzene rings is 3. The molecular formula is C27H24N2O5S. The van der Waals surface area contributed by atoms with Gasteiger partial charge in [0.1, 0.15) is 16.5 Å². The lowest BCUT2D eigenvalue weighted by molar-refractivity contribution is -0.112. The molecule has 178 valence electrons. The maximum absolute atomic E-state index is 12.8. The highest BCUT2D eigenvalue weighted by molar-refractivity contribution is 7.87. The molecule has 8 heteroatoms. The molecule has 7 nitrogen and oxygen atoms in total. The van der Waals surface area contributed by atoms with E-state index in [2.05, 4.69) is 11.9 Å². The molecule has 0 aliphatic rings. The molecular weight excluding hydrogens is 464 g/mol. The Bertz CT molecular complexity index is 1400. The van der Waals surface area contributed by atoms with Gasteiger partial charge in [-0.05, 0) is 61.4 Å². The Labute approximate surface area is 205 Å². The number of nitriles is 1. The molecule has 0 heterocycles. The predicted molar refractivity (Wildman–Crippen MR) is 135 cm³/mol. The maximum Gasteiger partial charge on any atom is 0.339 e. The van der Waals surface area contributed by atoms with Crippen molar-refractivity contribution in [2.45, 2.75) is 18.2 Å². The highest BCUT2D eigenvalue weighted by atomic mass is 32.2. The molecule has 1 amide bonds. The van der Waals surface area contributed by atoms with Crippen LogP contribution in [0.1, 0.15) is 16.7 Å². The molecule has 0 aliphatic heterocycles. The van der Waals surface area contributed by atoms with Gasteiger partial charge in [-0.2, -0.15) is 13.7 Å². The molecule has 1 N–H and O–H groups in total. The van der Waals surface area contributed by atoms with Crippen LogP contribution in [0.25, 0.3) is 6.08 Å². The van der Waals surface area contributed by atoms with Crippen LogP contribution in [0.5, 0.6) is 11.5 Å². The van der Waals surface area contributed by atoms with Crippen LogP contribution in [0.4, 0.5) is 5.69 Å². The summed E-state index contributed by atoms with van der Waals surface area (Å²) in [5.41, 5.74) is 2.38. The zero-order valence-electron chi connectivity index (χ0n) is 19.3. The third kappa shape index (κ3) is 6.37. The Balaban J connectivity index is 1.98. The summed E-state index contributed by atoms with van der Waals surface area (Å²) in [6, 6.07) is 20.0. The number of ether oxygens (including phenoxy) is 1. The van der Waals surface area contributed by atoms with Gasteiger partial charge in [-0.25, -0.2) is 0 Å². The second kappa shape index (κ2) is 11.2. The monoisotopic (exact) mass is 488 g/mol. The summed E-state index contributed by atoms with van der Waals surface area (Å²) < 4.78 is 36.5. The molecule has 0 fully saturated rings. The summed E-state index contributed by atoms with van der Waals surface area (Å²) in [6.07, 6.45) is 3.24. The molecule has 0 saturated heterocycles. The lowest BCUT2D eigenvalue weighted by Gasteiger charge is -2.15. The molecule has 0 atom stereocenters. The summed E-state index contributed by atoms with van der Waals surface area (Å²) in [7, 11) is -2.75. The third-order valence-corrected chi connectivity index (χ3v) is 6.18. The van der Waals surface area contributed by atoms with E-state index in [0.29, 0.717) is 16.8 Å². The summed E-state index contributed by atoms with van der Waals surface area (Å²) in [5, 5.41) is 12.3. The van der Waals surface area contributed by atoms with Crippen LogP contribution in [0.3, 0.4) is 0 Å². The van der Waals surface area contributed by atoms with Crippen molar-refractivity contribution in [3.8, 4) is 17.6 Å². The fourth-order valence-electron chi connectivity index (χ4n) is 3.22. The molecule has 0 spiro atoms. The number of allylic oxidation sites excluding steroid dienone is 1. The van der Waals surface area contributed by atoms with E-state index in [1.54, 1.807) is 42.5 Å². The average Bonchev–Trinajstić information content (AvgIpc) is 2.85. The smallest absolute Gasteiger partial charge is 0.339 e. The van der Waals surface area contributed by atoms with Crippen LogP contribution in [0.15, 0.2) is 89.9 Å². The Morgan fingerprint density at radius 3 is 2.40 bits per heavy atom. The van der Waals surface area contributed by atoms with Gasteiger partial charge in [0, 0.05) is 11.3 Å². The number of aryl methyl sites for hydroxylation is 1. The quantitative estimate of drug-likeness (QED) is 0.196. The number of carbonyl (C=O) groups excluding carboxylic acids is 1. The van der Waals surface area contributed by atoms with E-state index in [1.165, 1.54) is 31.4 Å². The lowest BCUT2D eigenvalue weighted by atomic mass is 10.0. The SMILES string of the molecule is C=CCc1cc(/C=C(\C#N)C(=O)Nc2ccc(C)cc2)cc(OC)c1OS(=O)(=O)c1ccccc1. The van der Waals surface area contributed by atoms with Gasteiger partial charge in [-0.1, -0.05) is 42.0 Å². The molecule has 0 aromatic heterocycles. The number of nitrogens with zero attached hydrogens (tertiary/aromatic N) is 1. The molecule has 0 radical (unpaired) electrons. The van der Waals surface area contributed by atoms with Crippen molar-refractivity contribution < 1.29 is 22.1 Å². The Morgan fingerprint density at radius 1 is 1.11 bits per heavy atom. The summed E-state index contributed by atoms with van der Waals surface area (Å²) in [5.74, 6) is -0.435. The third-order valence-electron chi connectivity index (χ3n) is 4.95. The summed E-state index contributed by atoms with van der Waals surface area (Å²) >= 11 is 0. The number of rotatable bonds is 9. The number of hydrogen-bond donors (Lipinski definition) is 1.